The van der Waals surface area contributed by atoms with Gasteiger partial charge in [0.2, 0.25) is 5.78 Å². The summed E-state index contributed by atoms with van der Waals surface area (Å²) in [6.07, 6.45) is 3.49. The molecule has 2 aromatic rings. The van der Waals surface area contributed by atoms with E-state index in [2.05, 4.69) is 6.92 Å². The number of hydrogen-bond donors (Lipinski definition) is 0. The number of carbonyl (C=O) groups excluding carboxylic acids is 1. The smallest absolute Gasteiger partial charge is 0.206 e. The summed E-state index contributed by atoms with van der Waals surface area (Å²) in [6.45, 7) is 2.74. The molecule has 4 heteroatoms. The van der Waals surface area contributed by atoms with Crippen molar-refractivity contribution >= 4 is 11.9 Å². The summed E-state index contributed by atoms with van der Waals surface area (Å²) in [5.74, 6) is -0.526. The van der Waals surface area contributed by atoms with Crippen LogP contribution in [-0.4, -0.2) is 12.4 Å². The summed E-state index contributed by atoms with van der Waals surface area (Å²) < 4.78 is 19.3. The summed E-state index contributed by atoms with van der Waals surface area (Å²) in [6, 6.07) is 14.6. The van der Waals surface area contributed by atoms with Crippen LogP contribution in [0.3, 0.4) is 0 Å². The molecule has 0 saturated heterocycles. The number of carbonyl (C=O) groups is 1. The maximum Gasteiger partial charge on any atom is 0.206 e. The molecule has 2 rings (SSSR count). The molecule has 2 aromatic carbocycles. The van der Waals surface area contributed by atoms with Crippen molar-refractivity contribution in [3.63, 3.8) is 0 Å². The predicted molar refractivity (Wildman–Crippen MR) is 91.2 cm³/mol. The number of allylic oxidation sites excluding steroid dienone is 1. The highest BCUT2D eigenvalue weighted by molar-refractivity contribution is 6.14. The number of halogens is 1. The molecule has 0 aliphatic carbocycles. The topological polar surface area (TPSA) is 50.1 Å². The molecule has 0 bridgehead atoms. The van der Waals surface area contributed by atoms with Crippen LogP contribution in [0, 0.1) is 17.1 Å². The molecular weight excluding hydrogens is 305 g/mol. The van der Waals surface area contributed by atoms with Crippen LogP contribution in [0.4, 0.5) is 4.39 Å². The minimum absolute atomic E-state index is 0.107. The van der Waals surface area contributed by atoms with Gasteiger partial charge in [0.25, 0.3) is 0 Å². The van der Waals surface area contributed by atoms with E-state index in [-0.39, 0.29) is 11.1 Å². The van der Waals surface area contributed by atoms with Crippen molar-refractivity contribution in [1.29, 1.82) is 5.26 Å². The van der Waals surface area contributed by atoms with Crippen molar-refractivity contribution in [3.05, 3.63) is 71.0 Å². The first-order valence-corrected chi connectivity index (χ1v) is 7.79. The lowest BCUT2D eigenvalue weighted by atomic mass is 10.0. The average Bonchev–Trinajstić information content (AvgIpc) is 2.61. The second kappa shape index (κ2) is 8.64. The van der Waals surface area contributed by atoms with Crippen molar-refractivity contribution in [3.8, 4) is 11.8 Å². The fraction of sp³-hybridized carbons (Fsp3) is 0.200. The van der Waals surface area contributed by atoms with Gasteiger partial charge >= 0.3 is 0 Å². The highest BCUT2D eigenvalue weighted by Crippen LogP contribution is 2.18. The van der Waals surface area contributed by atoms with E-state index in [1.54, 1.807) is 30.3 Å². The van der Waals surface area contributed by atoms with E-state index >= 15 is 0 Å². The Morgan fingerprint density at radius 2 is 1.92 bits per heavy atom. The second-order valence-electron chi connectivity index (χ2n) is 5.25. The van der Waals surface area contributed by atoms with E-state index in [0.717, 1.165) is 18.6 Å². The van der Waals surface area contributed by atoms with Crippen LogP contribution in [0.1, 0.15) is 35.7 Å². The quantitative estimate of drug-likeness (QED) is 0.318. The van der Waals surface area contributed by atoms with Gasteiger partial charge in [-0.15, -0.1) is 0 Å². The van der Waals surface area contributed by atoms with Crippen LogP contribution >= 0.6 is 0 Å². The molecule has 0 aliphatic heterocycles. The lowest BCUT2D eigenvalue weighted by molar-refractivity contribution is 0.103. The van der Waals surface area contributed by atoms with Crippen LogP contribution in [-0.2, 0) is 0 Å². The van der Waals surface area contributed by atoms with Crippen LogP contribution in [0.25, 0.3) is 6.08 Å². The largest absolute Gasteiger partial charge is 0.494 e. The van der Waals surface area contributed by atoms with Crippen LogP contribution in [0.5, 0.6) is 5.75 Å². The molecule has 0 fully saturated rings. The molecule has 0 saturated carbocycles. The molecule has 24 heavy (non-hydrogen) atoms. The highest BCUT2D eigenvalue weighted by Gasteiger charge is 2.15. The fourth-order valence-electron chi connectivity index (χ4n) is 2.10. The van der Waals surface area contributed by atoms with Crippen molar-refractivity contribution < 1.29 is 13.9 Å². The van der Waals surface area contributed by atoms with Gasteiger partial charge in [-0.25, -0.2) is 4.39 Å². The number of nitriles is 1. The van der Waals surface area contributed by atoms with Gasteiger partial charge in [0, 0.05) is 0 Å². The van der Waals surface area contributed by atoms with Crippen molar-refractivity contribution in [2.75, 3.05) is 6.61 Å². The van der Waals surface area contributed by atoms with Gasteiger partial charge in [0.15, 0.2) is 0 Å². The maximum absolute atomic E-state index is 13.7. The number of ketones is 1. The Labute approximate surface area is 141 Å². The van der Waals surface area contributed by atoms with Gasteiger partial charge in [-0.2, -0.15) is 5.26 Å². The fourth-order valence-corrected chi connectivity index (χ4v) is 2.10. The molecule has 0 N–H and O–H groups in total. The van der Waals surface area contributed by atoms with E-state index in [4.69, 9.17) is 4.74 Å². The molecule has 0 radical (unpaired) electrons. The highest BCUT2D eigenvalue weighted by atomic mass is 19.1. The molecule has 3 nitrogen and oxygen atoms in total. The SMILES string of the molecule is CCCCOc1ccc(/C=C(\C#N)C(=O)c2ccccc2F)cc1. The van der Waals surface area contributed by atoms with Crippen molar-refractivity contribution in [2.24, 2.45) is 0 Å². The molecule has 0 amide bonds. The number of unbranched alkanes of at least 4 members (excludes halogenated alkanes) is 1. The Morgan fingerprint density at radius 3 is 2.54 bits per heavy atom. The number of ether oxygens (including phenoxy) is 1. The van der Waals surface area contributed by atoms with Crippen LogP contribution in [0.15, 0.2) is 54.1 Å². The standard InChI is InChI=1S/C20H18FNO2/c1-2-3-12-24-17-10-8-15(9-11-17)13-16(14-22)20(23)18-6-4-5-7-19(18)21/h4-11,13H,2-3,12H2,1H3/b16-13+. The second-order valence-corrected chi connectivity index (χ2v) is 5.25. The first-order valence-electron chi connectivity index (χ1n) is 7.79. The molecule has 122 valence electrons. The summed E-state index contributed by atoms with van der Waals surface area (Å²) in [5, 5.41) is 9.22. The van der Waals surface area contributed by atoms with E-state index in [1.807, 2.05) is 6.07 Å². The lowest BCUT2D eigenvalue weighted by Crippen LogP contribution is -2.04. The van der Waals surface area contributed by atoms with E-state index in [0.29, 0.717) is 12.2 Å². The predicted octanol–water partition coefficient (Wildman–Crippen LogP) is 4.79. The monoisotopic (exact) mass is 323 g/mol. The Kier molecular flexibility index (Phi) is 6.27. The van der Waals surface area contributed by atoms with Crippen LogP contribution in [0.2, 0.25) is 0 Å². The molecule has 0 heterocycles. The van der Waals surface area contributed by atoms with Gasteiger partial charge in [0.1, 0.15) is 23.2 Å². The Balaban J connectivity index is 2.17. The minimum Gasteiger partial charge on any atom is -0.494 e. The molecule has 0 unspecified atom stereocenters. The molecule has 0 spiro atoms. The summed E-state index contributed by atoms with van der Waals surface area (Å²) in [5.41, 5.74) is 0.462. The maximum atomic E-state index is 13.7. The zero-order valence-corrected chi connectivity index (χ0v) is 13.5. The van der Waals surface area contributed by atoms with Gasteiger partial charge in [-0.05, 0) is 42.3 Å². The van der Waals surface area contributed by atoms with Crippen LogP contribution < -0.4 is 4.74 Å². The third-order valence-corrected chi connectivity index (χ3v) is 3.44. The molecule has 0 atom stereocenters. The Morgan fingerprint density at radius 1 is 1.21 bits per heavy atom. The number of benzene rings is 2. The zero-order valence-electron chi connectivity index (χ0n) is 13.5. The summed E-state index contributed by atoms with van der Waals surface area (Å²) in [7, 11) is 0. The van der Waals surface area contributed by atoms with E-state index in [1.165, 1.54) is 24.3 Å². The van der Waals surface area contributed by atoms with Crippen molar-refractivity contribution in [2.45, 2.75) is 19.8 Å². The van der Waals surface area contributed by atoms with Gasteiger partial charge in [0.05, 0.1) is 12.2 Å². The molecular formula is C20H18FNO2. The van der Waals surface area contributed by atoms with Gasteiger partial charge in [-0.3, -0.25) is 4.79 Å². The van der Waals surface area contributed by atoms with Gasteiger partial charge in [-0.1, -0.05) is 37.6 Å². The average molecular weight is 323 g/mol. The Hall–Kier alpha value is -2.93. The number of hydrogen-bond acceptors (Lipinski definition) is 3. The third-order valence-electron chi connectivity index (χ3n) is 3.44. The molecule has 0 aromatic heterocycles. The third kappa shape index (κ3) is 4.53. The zero-order chi connectivity index (χ0) is 17.4. The number of rotatable bonds is 7. The first kappa shape index (κ1) is 17.4. The summed E-state index contributed by atoms with van der Waals surface area (Å²) >= 11 is 0. The van der Waals surface area contributed by atoms with E-state index < -0.39 is 11.6 Å². The lowest BCUT2D eigenvalue weighted by Gasteiger charge is -2.05. The van der Waals surface area contributed by atoms with E-state index in [9.17, 15) is 14.4 Å². The normalized spacial score (nSPS) is 11.0. The van der Waals surface area contributed by atoms with Gasteiger partial charge < -0.3 is 4.74 Å². The Bertz CT molecular complexity index is 773. The van der Waals surface area contributed by atoms with Crippen molar-refractivity contribution in [1.82, 2.24) is 0 Å². The minimum atomic E-state index is -0.636. The molecule has 0 aliphatic rings. The first-order chi connectivity index (χ1) is 11.7. The number of nitrogens with zero attached hydrogens (tertiary/aromatic N) is 1. The number of Topliss-reactive ketones (excluding diaryl/α,β-unsaturated/α-hetero) is 1. The summed E-state index contributed by atoms with van der Waals surface area (Å²) in [4.78, 5) is 12.3.